The Morgan fingerprint density at radius 2 is 1.81 bits per heavy atom. The van der Waals surface area contributed by atoms with Crippen LogP contribution in [0.5, 0.6) is 11.5 Å². The van der Waals surface area contributed by atoms with Gasteiger partial charge >= 0.3 is 0 Å². The van der Waals surface area contributed by atoms with Crippen molar-refractivity contribution in [1.29, 1.82) is 0 Å². The molecule has 3 rings (SSSR count). The zero-order valence-electron chi connectivity index (χ0n) is 18.4. The Kier molecular flexibility index (Phi) is 7.20. The Bertz CT molecular complexity index is 1070. The lowest BCUT2D eigenvalue weighted by atomic mass is 10.2. The maximum absolute atomic E-state index is 12.6. The summed E-state index contributed by atoms with van der Waals surface area (Å²) in [6.45, 7) is 4.82. The molecule has 0 unspecified atom stereocenters. The molecule has 8 heteroatoms. The van der Waals surface area contributed by atoms with Gasteiger partial charge in [0.1, 0.15) is 11.5 Å². The first-order valence-corrected chi connectivity index (χ1v) is 10.2. The van der Waals surface area contributed by atoms with E-state index in [1.54, 1.807) is 12.1 Å². The van der Waals surface area contributed by atoms with Crippen molar-refractivity contribution in [2.45, 2.75) is 20.4 Å². The highest BCUT2D eigenvalue weighted by molar-refractivity contribution is 6.32. The van der Waals surface area contributed by atoms with Crippen LogP contribution in [0, 0.1) is 13.8 Å². The molecule has 3 aromatic rings. The second kappa shape index (κ2) is 9.85. The lowest BCUT2D eigenvalue weighted by molar-refractivity contribution is -0.117. The van der Waals surface area contributed by atoms with Crippen LogP contribution < -0.4 is 14.8 Å². The van der Waals surface area contributed by atoms with Gasteiger partial charge in [-0.05, 0) is 39.1 Å². The van der Waals surface area contributed by atoms with E-state index in [1.165, 1.54) is 14.2 Å². The number of ether oxygens (including phenoxy) is 2. The van der Waals surface area contributed by atoms with E-state index in [0.717, 1.165) is 22.6 Å². The number of carbonyl (C=O) groups is 1. The number of benzene rings is 2. The summed E-state index contributed by atoms with van der Waals surface area (Å²) in [5.74, 6) is 0.788. The fourth-order valence-corrected chi connectivity index (χ4v) is 3.68. The van der Waals surface area contributed by atoms with Gasteiger partial charge < -0.3 is 14.8 Å². The number of halogens is 1. The molecule has 1 heterocycles. The highest BCUT2D eigenvalue weighted by Crippen LogP contribution is 2.35. The van der Waals surface area contributed by atoms with Crippen LogP contribution in [0.3, 0.4) is 0 Å². The number of anilines is 1. The average molecular weight is 443 g/mol. The molecule has 0 aliphatic carbocycles. The van der Waals surface area contributed by atoms with E-state index >= 15 is 0 Å². The van der Waals surface area contributed by atoms with E-state index in [0.29, 0.717) is 28.8 Å². The molecule has 0 saturated carbocycles. The van der Waals surface area contributed by atoms with Crippen molar-refractivity contribution < 1.29 is 14.3 Å². The lowest BCUT2D eigenvalue weighted by Gasteiger charge is -2.18. The quantitative estimate of drug-likeness (QED) is 0.565. The first-order valence-electron chi connectivity index (χ1n) is 9.84. The third-order valence-electron chi connectivity index (χ3n) is 5.03. The monoisotopic (exact) mass is 442 g/mol. The predicted molar refractivity (Wildman–Crippen MR) is 123 cm³/mol. The van der Waals surface area contributed by atoms with Crippen LogP contribution in [0.15, 0.2) is 42.5 Å². The summed E-state index contributed by atoms with van der Waals surface area (Å²) in [4.78, 5) is 14.6. The molecule has 0 aliphatic heterocycles. The Morgan fingerprint density at radius 3 is 2.45 bits per heavy atom. The molecule has 0 bridgehead atoms. The topological polar surface area (TPSA) is 68.6 Å². The minimum Gasteiger partial charge on any atom is -0.495 e. The van der Waals surface area contributed by atoms with Crippen molar-refractivity contribution in [3.05, 3.63) is 64.4 Å². The summed E-state index contributed by atoms with van der Waals surface area (Å²) >= 11 is 6.19. The Labute approximate surface area is 187 Å². The Balaban J connectivity index is 1.69. The molecular formula is C23H27ClN4O3. The number of nitrogens with zero attached hydrogens (tertiary/aromatic N) is 3. The molecular weight excluding hydrogens is 416 g/mol. The maximum Gasteiger partial charge on any atom is 0.238 e. The highest BCUT2D eigenvalue weighted by Gasteiger charge is 2.17. The van der Waals surface area contributed by atoms with Crippen LogP contribution in [0.1, 0.15) is 17.0 Å². The summed E-state index contributed by atoms with van der Waals surface area (Å²) in [5, 5.41) is 7.93. The molecule has 0 saturated heterocycles. The summed E-state index contributed by atoms with van der Waals surface area (Å²) in [6.07, 6.45) is 0. The highest BCUT2D eigenvalue weighted by atomic mass is 35.5. The van der Waals surface area contributed by atoms with E-state index in [9.17, 15) is 4.79 Å². The molecule has 0 spiro atoms. The van der Waals surface area contributed by atoms with Crippen LogP contribution >= 0.6 is 11.6 Å². The van der Waals surface area contributed by atoms with Gasteiger partial charge in [0.2, 0.25) is 5.91 Å². The molecule has 0 atom stereocenters. The number of likely N-dealkylation sites (N-methyl/N-ethyl adjacent to an activating group) is 1. The first kappa shape index (κ1) is 22.7. The molecule has 164 valence electrons. The normalized spacial score (nSPS) is 10.9. The van der Waals surface area contributed by atoms with E-state index < -0.39 is 0 Å². The van der Waals surface area contributed by atoms with Gasteiger partial charge in [-0.15, -0.1) is 0 Å². The number of hydrogen-bond donors (Lipinski definition) is 1. The largest absolute Gasteiger partial charge is 0.495 e. The van der Waals surface area contributed by atoms with Crippen LogP contribution in [-0.2, 0) is 11.3 Å². The molecule has 1 N–H and O–H groups in total. The zero-order valence-corrected chi connectivity index (χ0v) is 19.2. The van der Waals surface area contributed by atoms with Crippen LogP contribution in [0.25, 0.3) is 5.69 Å². The Morgan fingerprint density at radius 1 is 1.13 bits per heavy atom. The third-order valence-corrected chi connectivity index (χ3v) is 5.33. The number of para-hydroxylation sites is 1. The summed E-state index contributed by atoms with van der Waals surface area (Å²) < 4.78 is 12.5. The molecule has 1 aromatic heterocycles. The number of rotatable bonds is 8. The number of carbonyl (C=O) groups excluding carboxylic acids is 1. The smallest absolute Gasteiger partial charge is 0.238 e. The van der Waals surface area contributed by atoms with Crippen molar-refractivity contribution in [2.75, 3.05) is 33.1 Å². The third kappa shape index (κ3) is 5.18. The SMILES string of the molecule is COc1cc(OC)c(NC(=O)CN(C)Cc2c(C)nn(-c3ccccc3)c2C)cc1Cl. The number of amides is 1. The fourth-order valence-electron chi connectivity index (χ4n) is 3.44. The predicted octanol–water partition coefficient (Wildman–Crippen LogP) is 4.23. The van der Waals surface area contributed by atoms with Gasteiger partial charge in [0.15, 0.2) is 0 Å². The van der Waals surface area contributed by atoms with Gasteiger partial charge in [-0.25, -0.2) is 4.68 Å². The lowest BCUT2D eigenvalue weighted by Crippen LogP contribution is -2.30. The molecule has 2 aromatic carbocycles. The van der Waals surface area contributed by atoms with Crippen molar-refractivity contribution in [3.8, 4) is 17.2 Å². The first-order chi connectivity index (χ1) is 14.8. The molecule has 31 heavy (non-hydrogen) atoms. The van der Waals surface area contributed by atoms with Gasteiger partial charge in [-0.2, -0.15) is 5.10 Å². The van der Waals surface area contributed by atoms with E-state index in [-0.39, 0.29) is 12.5 Å². The molecule has 7 nitrogen and oxygen atoms in total. The van der Waals surface area contributed by atoms with E-state index in [1.807, 2.05) is 60.8 Å². The van der Waals surface area contributed by atoms with E-state index in [2.05, 4.69) is 10.4 Å². The van der Waals surface area contributed by atoms with E-state index in [4.69, 9.17) is 21.1 Å². The van der Waals surface area contributed by atoms with Gasteiger partial charge in [-0.3, -0.25) is 9.69 Å². The summed E-state index contributed by atoms with van der Waals surface area (Å²) in [7, 11) is 4.95. The minimum atomic E-state index is -0.173. The molecule has 0 fully saturated rings. The maximum atomic E-state index is 12.6. The summed E-state index contributed by atoms with van der Waals surface area (Å²) in [5.41, 5.74) is 4.61. The van der Waals surface area contributed by atoms with Crippen molar-refractivity contribution in [2.24, 2.45) is 0 Å². The molecule has 1 amide bonds. The summed E-state index contributed by atoms with van der Waals surface area (Å²) in [6, 6.07) is 13.3. The van der Waals surface area contributed by atoms with Gasteiger partial charge in [-0.1, -0.05) is 29.8 Å². The second-order valence-electron chi connectivity index (χ2n) is 7.30. The van der Waals surface area contributed by atoms with Crippen LogP contribution in [-0.4, -0.2) is 48.4 Å². The van der Waals surface area contributed by atoms with Gasteiger partial charge in [0, 0.05) is 23.9 Å². The van der Waals surface area contributed by atoms with Crippen molar-refractivity contribution in [1.82, 2.24) is 14.7 Å². The number of aromatic nitrogens is 2. The molecule has 0 aliphatic rings. The average Bonchev–Trinajstić information content (AvgIpc) is 3.02. The van der Waals surface area contributed by atoms with Crippen molar-refractivity contribution in [3.63, 3.8) is 0 Å². The fraction of sp³-hybridized carbons (Fsp3) is 0.304. The van der Waals surface area contributed by atoms with Crippen LogP contribution in [0.2, 0.25) is 5.02 Å². The zero-order chi connectivity index (χ0) is 22.5. The van der Waals surface area contributed by atoms with Crippen molar-refractivity contribution >= 4 is 23.2 Å². The second-order valence-corrected chi connectivity index (χ2v) is 7.71. The standard InChI is InChI=1S/C23H27ClN4O3/c1-15-18(16(2)28(26-15)17-9-7-6-8-10-17)13-27(3)14-23(29)25-20-11-19(24)21(30-4)12-22(20)31-5/h6-12H,13-14H2,1-5H3,(H,25,29). The van der Waals surface area contributed by atoms with Gasteiger partial charge in [0.25, 0.3) is 0 Å². The number of methoxy groups -OCH3 is 2. The number of nitrogens with one attached hydrogen (secondary N) is 1. The van der Waals surface area contributed by atoms with Crippen LogP contribution in [0.4, 0.5) is 5.69 Å². The van der Waals surface area contributed by atoms with Gasteiger partial charge in [0.05, 0.1) is 42.9 Å². The Hall–Kier alpha value is -3.03. The number of aryl methyl sites for hydroxylation is 1. The minimum absolute atomic E-state index is 0.173. The molecule has 0 radical (unpaired) electrons. The number of hydrogen-bond acceptors (Lipinski definition) is 5.